The van der Waals surface area contributed by atoms with E-state index in [4.69, 9.17) is 0 Å². The topological polar surface area (TPSA) is 66.5 Å². The Hall–Kier alpha value is -3.64. The predicted octanol–water partition coefficient (Wildman–Crippen LogP) is 5.60. The molecule has 0 heterocycles. The first-order valence-corrected chi connectivity index (χ1v) is 12.1. The van der Waals surface area contributed by atoms with Gasteiger partial charge in [0.2, 0.25) is 5.91 Å². The average Bonchev–Trinajstić information content (AvgIpc) is 2.77. The molecule has 4 rings (SSSR count). The smallest absolute Gasteiger partial charge is 0.264 e. The number of carbonyl (C=O) groups is 1. The average molecular weight is 459 g/mol. The summed E-state index contributed by atoms with van der Waals surface area (Å²) in [4.78, 5) is 13.2. The molecule has 6 heteroatoms. The van der Waals surface area contributed by atoms with E-state index in [1.165, 1.54) is 4.31 Å². The van der Waals surface area contributed by atoms with Crippen molar-refractivity contribution in [2.45, 2.75) is 25.7 Å². The zero-order chi connectivity index (χ0) is 23.6. The fourth-order valence-corrected chi connectivity index (χ4v) is 5.25. The van der Waals surface area contributed by atoms with Crippen molar-refractivity contribution in [3.8, 4) is 0 Å². The summed E-state index contributed by atoms with van der Waals surface area (Å²) in [5.41, 5.74) is 3.88. The molecule has 4 aromatic carbocycles. The first kappa shape index (κ1) is 22.6. The first-order chi connectivity index (χ1) is 15.7. The number of carbonyl (C=O) groups excluding carboxylic acids is 1. The minimum absolute atomic E-state index is 0.144. The zero-order valence-corrected chi connectivity index (χ0v) is 19.7. The number of fused-ring (bicyclic) bond motifs is 1. The summed E-state index contributed by atoms with van der Waals surface area (Å²) in [5, 5.41) is 4.91. The van der Waals surface area contributed by atoms with Crippen LogP contribution in [0.25, 0.3) is 10.8 Å². The number of sulfonamides is 1. The van der Waals surface area contributed by atoms with Crippen molar-refractivity contribution in [3.05, 3.63) is 102 Å². The highest BCUT2D eigenvalue weighted by Gasteiger charge is 2.27. The second-order valence-corrected chi connectivity index (χ2v) is 10.1. The SMILES string of the molecule is Cc1ccc(S(=O)(=O)N(CC(=O)Nc2ccc3ccccc3c2)c2cc(C)cc(C)c2)cc1. The van der Waals surface area contributed by atoms with E-state index in [2.05, 4.69) is 5.32 Å². The molecule has 0 aliphatic heterocycles. The third-order valence-electron chi connectivity index (χ3n) is 5.42. The van der Waals surface area contributed by atoms with E-state index in [9.17, 15) is 13.2 Å². The Kier molecular flexibility index (Phi) is 6.20. The second kappa shape index (κ2) is 9.08. The van der Waals surface area contributed by atoms with Crippen molar-refractivity contribution in [1.29, 1.82) is 0 Å². The molecule has 0 fully saturated rings. The van der Waals surface area contributed by atoms with Crippen LogP contribution < -0.4 is 9.62 Å². The van der Waals surface area contributed by atoms with E-state index in [1.54, 1.807) is 36.4 Å². The van der Waals surface area contributed by atoms with Crippen molar-refractivity contribution in [2.75, 3.05) is 16.2 Å². The molecule has 0 bridgehead atoms. The second-order valence-electron chi connectivity index (χ2n) is 8.28. The number of nitrogens with zero attached hydrogens (tertiary/aromatic N) is 1. The quantitative estimate of drug-likeness (QED) is 0.409. The maximum Gasteiger partial charge on any atom is 0.264 e. The molecule has 168 valence electrons. The van der Waals surface area contributed by atoms with Gasteiger partial charge >= 0.3 is 0 Å². The van der Waals surface area contributed by atoms with Gasteiger partial charge in [-0.3, -0.25) is 9.10 Å². The van der Waals surface area contributed by atoms with Crippen molar-refractivity contribution < 1.29 is 13.2 Å². The Balaban J connectivity index is 1.67. The van der Waals surface area contributed by atoms with Crippen LogP contribution in [0.15, 0.2) is 89.8 Å². The van der Waals surface area contributed by atoms with Crippen LogP contribution in [0, 0.1) is 20.8 Å². The number of rotatable bonds is 6. The molecule has 0 aliphatic carbocycles. The highest BCUT2D eigenvalue weighted by Crippen LogP contribution is 2.26. The van der Waals surface area contributed by atoms with E-state index in [-0.39, 0.29) is 11.4 Å². The number of nitrogens with one attached hydrogen (secondary N) is 1. The molecule has 1 amide bonds. The predicted molar refractivity (Wildman–Crippen MR) is 134 cm³/mol. The van der Waals surface area contributed by atoms with Gasteiger partial charge in [-0.2, -0.15) is 0 Å². The Morgan fingerprint density at radius 2 is 1.39 bits per heavy atom. The third kappa shape index (κ3) is 5.07. The molecule has 5 nitrogen and oxygen atoms in total. The monoisotopic (exact) mass is 458 g/mol. The summed E-state index contributed by atoms with van der Waals surface area (Å²) in [5.74, 6) is -0.417. The fourth-order valence-electron chi connectivity index (χ4n) is 3.85. The maximum atomic E-state index is 13.6. The summed E-state index contributed by atoms with van der Waals surface area (Å²) < 4.78 is 28.3. The first-order valence-electron chi connectivity index (χ1n) is 10.7. The van der Waals surface area contributed by atoms with E-state index in [1.807, 2.05) is 69.3 Å². The van der Waals surface area contributed by atoms with Gasteiger partial charge < -0.3 is 5.32 Å². The van der Waals surface area contributed by atoms with Crippen LogP contribution in [0.2, 0.25) is 0 Å². The van der Waals surface area contributed by atoms with Crippen molar-refractivity contribution >= 4 is 38.1 Å². The molecule has 0 aliphatic rings. The molecule has 0 radical (unpaired) electrons. The normalized spacial score (nSPS) is 11.4. The molecular formula is C27H26N2O3S. The third-order valence-corrected chi connectivity index (χ3v) is 7.21. The van der Waals surface area contributed by atoms with Crippen molar-refractivity contribution in [2.24, 2.45) is 0 Å². The highest BCUT2D eigenvalue weighted by atomic mass is 32.2. The lowest BCUT2D eigenvalue weighted by atomic mass is 10.1. The lowest BCUT2D eigenvalue weighted by Gasteiger charge is -2.25. The summed E-state index contributed by atoms with van der Waals surface area (Å²) in [6.07, 6.45) is 0. The largest absolute Gasteiger partial charge is 0.324 e. The molecule has 33 heavy (non-hydrogen) atoms. The van der Waals surface area contributed by atoms with Crippen LogP contribution in [-0.2, 0) is 14.8 Å². The van der Waals surface area contributed by atoms with Gasteiger partial charge in [-0.25, -0.2) is 8.42 Å². The Morgan fingerprint density at radius 1 is 0.758 bits per heavy atom. The fraction of sp³-hybridized carbons (Fsp3) is 0.148. The molecule has 0 aromatic heterocycles. The number of amides is 1. The molecule has 0 saturated heterocycles. The van der Waals surface area contributed by atoms with Crippen LogP contribution in [0.4, 0.5) is 11.4 Å². The minimum Gasteiger partial charge on any atom is -0.324 e. The molecule has 0 unspecified atom stereocenters. The molecular weight excluding hydrogens is 432 g/mol. The number of benzene rings is 4. The number of anilines is 2. The van der Waals surface area contributed by atoms with E-state index in [0.717, 1.165) is 27.5 Å². The number of hydrogen-bond acceptors (Lipinski definition) is 3. The molecule has 0 atom stereocenters. The summed E-state index contributed by atoms with van der Waals surface area (Å²) in [6, 6.07) is 25.6. The van der Waals surface area contributed by atoms with Gasteiger partial charge in [-0.15, -0.1) is 0 Å². The van der Waals surface area contributed by atoms with Gasteiger partial charge in [0.1, 0.15) is 6.54 Å². The van der Waals surface area contributed by atoms with Gasteiger partial charge in [0.25, 0.3) is 10.0 Å². The van der Waals surface area contributed by atoms with Gasteiger partial charge in [-0.05, 0) is 79.1 Å². The molecule has 1 N–H and O–H groups in total. The van der Waals surface area contributed by atoms with Gasteiger partial charge in [0.05, 0.1) is 10.6 Å². The van der Waals surface area contributed by atoms with Crippen LogP contribution in [0.1, 0.15) is 16.7 Å². The Bertz CT molecular complexity index is 1410. The Labute approximate surface area is 194 Å². The molecule has 4 aromatic rings. The standard InChI is InChI=1S/C27H26N2O3S/c1-19-8-12-26(13-9-19)33(31,32)29(25-15-20(2)14-21(3)16-25)18-27(30)28-24-11-10-22-6-4-5-7-23(22)17-24/h4-17H,18H2,1-3H3,(H,28,30). The lowest BCUT2D eigenvalue weighted by Crippen LogP contribution is -2.38. The maximum absolute atomic E-state index is 13.6. The van der Waals surface area contributed by atoms with Crippen LogP contribution in [0.3, 0.4) is 0 Å². The lowest BCUT2D eigenvalue weighted by molar-refractivity contribution is -0.114. The Morgan fingerprint density at radius 3 is 2.06 bits per heavy atom. The summed E-state index contributed by atoms with van der Waals surface area (Å²) in [6.45, 7) is 5.37. The van der Waals surface area contributed by atoms with Gasteiger partial charge in [0.15, 0.2) is 0 Å². The van der Waals surface area contributed by atoms with Crippen LogP contribution >= 0.6 is 0 Å². The minimum atomic E-state index is -3.95. The molecule has 0 saturated carbocycles. The van der Waals surface area contributed by atoms with Gasteiger partial charge in [0, 0.05) is 5.69 Å². The number of hydrogen-bond donors (Lipinski definition) is 1. The van der Waals surface area contributed by atoms with Crippen molar-refractivity contribution in [3.63, 3.8) is 0 Å². The number of aryl methyl sites for hydroxylation is 3. The van der Waals surface area contributed by atoms with Crippen LogP contribution in [-0.4, -0.2) is 20.9 Å². The van der Waals surface area contributed by atoms with Gasteiger partial charge in [-0.1, -0.05) is 54.1 Å². The van der Waals surface area contributed by atoms with E-state index < -0.39 is 15.9 Å². The summed E-state index contributed by atoms with van der Waals surface area (Å²) in [7, 11) is -3.95. The van der Waals surface area contributed by atoms with Crippen LogP contribution in [0.5, 0.6) is 0 Å². The molecule has 0 spiro atoms. The summed E-state index contributed by atoms with van der Waals surface area (Å²) >= 11 is 0. The highest BCUT2D eigenvalue weighted by molar-refractivity contribution is 7.92. The van der Waals surface area contributed by atoms with Crippen molar-refractivity contribution in [1.82, 2.24) is 0 Å². The van der Waals surface area contributed by atoms with E-state index in [0.29, 0.717) is 11.4 Å². The van der Waals surface area contributed by atoms with E-state index >= 15 is 0 Å². The zero-order valence-electron chi connectivity index (χ0n) is 18.9.